The molecule has 0 aromatic carbocycles. The second kappa shape index (κ2) is 7.04. The number of carbonyl (C=O) groups is 1. The number of hydrogen-bond acceptors (Lipinski definition) is 7. The third-order valence-corrected chi connectivity index (χ3v) is 6.46. The number of aromatic nitrogens is 2. The highest BCUT2D eigenvalue weighted by molar-refractivity contribution is 7.89. The number of nitrogens with zero attached hydrogens (tertiary/aromatic N) is 3. The molecular formula is C16H20N4O5S. The van der Waals surface area contributed by atoms with Gasteiger partial charge in [0, 0.05) is 19.3 Å². The summed E-state index contributed by atoms with van der Waals surface area (Å²) >= 11 is 0. The summed E-state index contributed by atoms with van der Waals surface area (Å²) in [6.45, 7) is 3.49. The number of amides is 1. The van der Waals surface area contributed by atoms with Crippen LogP contribution in [-0.4, -0.2) is 47.0 Å². The van der Waals surface area contributed by atoms with Gasteiger partial charge in [0.1, 0.15) is 10.6 Å². The van der Waals surface area contributed by atoms with Crippen molar-refractivity contribution >= 4 is 21.7 Å². The summed E-state index contributed by atoms with van der Waals surface area (Å²) < 4.78 is 32.1. The smallest absolute Gasteiger partial charge is 0.248 e. The number of pyridine rings is 1. The van der Waals surface area contributed by atoms with E-state index in [1.165, 1.54) is 16.6 Å². The van der Waals surface area contributed by atoms with Crippen LogP contribution in [0.2, 0.25) is 0 Å². The molecule has 3 heterocycles. The summed E-state index contributed by atoms with van der Waals surface area (Å²) in [5.41, 5.74) is 0.299. The molecule has 26 heavy (non-hydrogen) atoms. The molecule has 2 N–H and O–H groups in total. The van der Waals surface area contributed by atoms with Crippen molar-refractivity contribution in [3.05, 3.63) is 29.8 Å². The fourth-order valence-corrected chi connectivity index (χ4v) is 4.87. The van der Waals surface area contributed by atoms with Gasteiger partial charge in [-0.25, -0.2) is 13.4 Å². The van der Waals surface area contributed by atoms with Crippen LogP contribution in [-0.2, 0) is 14.8 Å². The summed E-state index contributed by atoms with van der Waals surface area (Å²) in [6.07, 6.45) is 2.55. The number of sulfonamides is 1. The SMILES string of the molecule is Cc1noc(C)c1S(=O)(=O)N1CCCC(C(=O)Nc2ncccc2O)C1. The first-order valence-electron chi connectivity index (χ1n) is 8.18. The van der Waals surface area contributed by atoms with Gasteiger partial charge in [-0.1, -0.05) is 5.16 Å². The zero-order valence-corrected chi connectivity index (χ0v) is 15.3. The molecule has 0 bridgehead atoms. The Morgan fingerprint density at radius 2 is 2.19 bits per heavy atom. The fraction of sp³-hybridized carbons (Fsp3) is 0.438. The molecule has 0 spiro atoms. The Kier molecular flexibility index (Phi) is 4.97. The van der Waals surface area contributed by atoms with Crippen molar-refractivity contribution in [1.82, 2.24) is 14.4 Å². The first-order valence-corrected chi connectivity index (χ1v) is 9.62. The van der Waals surface area contributed by atoms with E-state index in [0.29, 0.717) is 25.1 Å². The molecule has 1 unspecified atom stereocenters. The van der Waals surface area contributed by atoms with E-state index in [4.69, 9.17) is 4.52 Å². The van der Waals surface area contributed by atoms with E-state index >= 15 is 0 Å². The predicted molar refractivity (Wildman–Crippen MR) is 92.0 cm³/mol. The van der Waals surface area contributed by atoms with Gasteiger partial charge in [0.05, 0.1) is 5.92 Å². The van der Waals surface area contributed by atoms with Gasteiger partial charge in [-0.3, -0.25) is 4.79 Å². The predicted octanol–water partition coefficient (Wildman–Crippen LogP) is 1.43. The molecule has 1 fully saturated rings. The standard InChI is InChI=1S/C16H20N4O5S/c1-10-14(11(2)25-19-10)26(23,24)20-8-4-5-12(9-20)16(22)18-15-13(21)6-3-7-17-15/h3,6-7,12,21H,4-5,8-9H2,1-2H3,(H,17,18,22). The molecule has 0 radical (unpaired) electrons. The summed E-state index contributed by atoms with van der Waals surface area (Å²) in [6, 6.07) is 2.96. The minimum Gasteiger partial charge on any atom is -0.504 e. The Morgan fingerprint density at radius 3 is 2.85 bits per heavy atom. The van der Waals surface area contributed by atoms with Gasteiger partial charge < -0.3 is 14.9 Å². The summed E-state index contributed by atoms with van der Waals surface area (Å²) in [5, 5.41) is 16.0. The molecule has 140 valence electrons. The third kappa shape index (κ3) is 3.42. The molecule has 10 heteroatoms. The fourth-order valence-electron chi connectivity index (χ4n) is 3.06. The van der Waals surface area contributed by atoms with Crippen molar-refractivity contribution in [3.63, 3.8) is 0 Å². The number of hydrogen-bond donors (Lipinski definition) is 2. The van der Waals surface area contributed by atoms with Crippen LogP contribution in [0.4, 0.5) is 5.82 Å². The molecule has 1 aliphatic heterocycles. The lowest BCUT2D eigenvalue weighted by Crippen LogP contribution is -2.44. The highest BCUT2D eigenvalue weighted by atomic mass is 32.2. The number of piperidine rings is 1. The van der Waals surface area contributed by atoms with Crippen LogP contribution in [0, 0.1) is 19.8 Å². The average Bonchev–Trinajstić information content (AvgIpc) is 2.96. The maximum Gasteiger partial charge on any atom is 0.248 e. The van der Waals surface area contributed by atoms with Crippen molar-refractivity contribution in [1.29, 1.82) is 0 Å². The lowest BCUT2D eigenvalue weighted by Gasteiger charge is -2.31. The Balaban J connectivity index is 1.77. The van der Waals surface area contributed by atoms with Crippen LogP contribution in [0.15, 0.2) is 27.7 Å². The van der Waals surface area contributed by atoms with Crippen LogP contribution >= 0.6 is 0 Å². The molecular weight excluding hydrogens is 360 g/mol. The van der Waals surface area contributed by atoms with E-state index < -0.39 is 15.9 Å². The van der Waals surface area contributed by atoms with Crippen molar-refractivity contribution in [2.24, 2.45) is 5.92 Å². The van der Waals surface area contributed by atoms with Crippen molar-refractivity contribution in [3.8, 4) is 5.75 Å². The maximum absolute atomic E-state index is 12.9. The number of nitrogens with one attached hydrogen (secondary N) is 1. The number of rotatable bonds is 4. The zero-order valence-electron chi connectivity index (χ0n) is 14.5. The molecule has 2 aromatic rings. The largest absolute Gasteiger partial charge is 0.504 e. The number of carbonyl (C=O) groups excluding carboxylic acids is 1. The lowest BCUT2D eigenvalue weighted by atomic mass is 9.99. The number of anilines is 1. The van der Waals surface area contributed by atoms with E-state index in [0.717, 1.165) is 0 Å². The minimum absolute atomic E-state index is 0.0474. The molecule has 1 aliphatic rings. The summed E-state index contributed by atoms with van der Waals surface area (Å²) in [4.78, 5) is 16.5. The maximum atomic E-state index is 12.9. The van der Waals surface area contributed by atoms with E-state index in [9.17, 15) is 18.3 Å². The van der Waals surface area contributed by atoms with Crippen LogP contribution < -0.4 is 5.32 Å². The molecule has 0 saturated carbocycles. The Morgan fingerprint density at radius 1 is 1.42 bits per heavy atom. The second-order valence-electron chi connectivity index (χ2n) is 6.22. The zero-order chi connectivity index (χ0) is 18.9. The normalized spacial score (nSPS) is 18.6. The Bertz CT molecular complexity index is 905. The van der Waals surface area contributed by atoms with Gasteiger partial charge in [0.15, 0.2) is 17.3 Å². The average molecular weight is 380 g/mol. The van der Waals surface area contributed by atoms with Gasteiger partial charge in [0.2, 0.25) is 15.9 Å². The molecule has 1 atom stereocenters. The van der Waals surface area contributed by atoms with Gasteiger partial charge in [-0.05, 0) is 38.8 Å². The van der Waals surface area contributed by atoms with Crippen LogP contribution in [0.5, 0.6) is 5.75 Å². The van der Waals surface area contributed by atoms with Crippen molar-refractivity contribution in [2.75, 3.05) is 18.4 Å². The molecule has 2 aromatic heterocycles. The number of aromatic hydroxyl groups is 1. The van der Waals surface area contributed by atoms with E-state index in [1.54, 1.807) is 19.9 Å². The van der Waals surface area contributed by atoms with Crippen molar-refractivity contribution in [2.45, 2.75) is 31.6 Å². The van der Waals surface area contributed by atoms with E-state index in [2.05, 4.69) is 15.5 Å². The Hall–Kier alpha value is -2.46. The molecule has 9 nitrogen and oxygen atoms in total. The van der Waals surface area contributed by atoms with E-state index in [-0.39, 0.29) is 34.7 Å². The quantitative estimate of drug-likeness (QED) is 0.822. The minimum atomic E-state index is -3.80. The monoisotopic (exact) mass is 380 g/mol. The highest BCUT2D eigenvalue weighted by Gasteiger charge is 2.36. The second-order valence-corrected chi connectivity index (χ2v) is 8.09. The molecule has 0 aliphatic carbocycles. The lowest BCUT2D eigenvalue weighted by molar-refractivity contribution is -0.120. The van der Waals surface area contributed by atoms with Crippen LogP contribution in [0.3, 0.4) is 0 Å². The molecule has 1 saturated heterocycles. The Labute approximate surface area is 151 Å². The third-order valence-electron chi connectivity index (χ3n) is 4.35. The van der Waals surface area contributed by atoms with Gasteiger partial charge in [-0.2, -0.15) is 4.31 Å². The summed E-state index contributed by atoms with van der Waals surface area (Å²) in [5.74, 6) is -0.773. The summed E-state index contributed by atoms with van der Waals surface area (Å²) in [7, 11) is -3.80. The van der Waals surface area contributed by atoms with Crippen LogP contribution in [0.1, 0.15) is 24.3 Å². The van der Waals surface area contributed by atoms with E-state index in [1.807, 2.05) is 0 Å². The first-order chi connectivity index (χ1) is 12.3. The number of aryl methyl sites for hydroxylation is 2. The molecule has 3 rings (SSSR count). The first kappa shape index (κ1) is 18.3. The van der Waals surface area contributed by atoms with Crippen molar-refractivity contribution < 1.29 is 22.8 Å². The van der Waals surface area contributed by atoms with Crippen LogP contribution in [0.25, 0.3) is 0 Å². The van der Waals surface area contributed by atoms with Gasteiger partial charge in [0.25, 0.3) is 0 Å². The molecule has 1 amide bonds. The highest BCUT2D eigenvalue weighted by Crippen LogP contribution is 2.28. The van der Waals surface area contributed by atoms with Gasteiger partial charge in [-0.15, -0.1) is 0 Å². The van der Waals surface area contributed by atoms with Gasteiger partial charge >= 0.3 is 0 Å². The topological polar surface area (TPSA) is 126 Å².